The van der Waals surface area contributed by atoms with Crippen molar-refractivity contribution in [3.05, 3.63) is 64.3 Å². The molecule has 0 aliphatic carbocycles. The van der Waals surface area contributed by atoms with Gasteiger partial charge in [-0.3, -0.25) is 10.1 Å². The number of nitrogens with zero attached hydrogens (tertiary/aromatic N) is 3. The van der Waals surface area contributed by atoms with Crippen molar-refractivity contribution in [2.45, 2.75) is 13.5 Å². The van der Waals surface area contributed by atoms with Gasteiger partial charge in [0.25, 0.3) is 0 Å². The lowest BCUT2D eigenvalue weighted by Gasteiger charge is -2.06. The molecule has 3 aromatic rings. The second kappa shape index (κ2) is 7.60. The standard InChI is InChI=1S/C17H15FN4O4/c1-2-25-15-6-4-3-5-12(15)17-20-16(26-21-17)10-19-11-7-8-13(18)14(9-11)22(23)24/h3-9,19H,2,10H2,1H3. The first-order valence-electron chi connectivity index (χ1n) is 7.81. The molecule has 26 heavy (non-hydrogen) atoms. The number of nitro groups is 1. The summed E-state index contributed by atoms with van der Waals surface area (Å²) in [5.74, 6) is 0.395. The number of para-hydroxylation sites is 1. The van der Waals surface area contributed by atoms with Gasteiger partial charge in [-0.25, -0.2) is 0 Å². The first-order chi connectivity index (χ1) is 12.6. The lowest BCUT2D eigenvalue weighted by atomic mass is 10.2. The summed E-state index contributed by atoms with van der Waals surface area (Å²) in [6.07, 6.45) is 0. The highest BCUT2D eigenvalue weighted by Gasteiger charge is 2.16. The molecule has 0 aliphatic rings. The molecule has 1 aromatic heterocycles. The maximum atomic E-state index is 13.4. The van der Waals surface area contributed by atoms with Gasteiger partial charge in [-0.1, -0.05) is 17.3 Å². The van der Waals surface area contributed by atoms with Crippen LogP contribution in [-0.4, -0.2) is 21.7 Å². The monoisotopic (exact) mass is 358 g/mol. The van der Waals surface area contributed by atoms with E-state index in [4.69, 9.17) is 9.26 Å². The SMILES string of the molecule is CCOc1ccccc1-c1noc(CNc2ccc(F)c([N+](=O)[O-])c2)n1. The van der Waals surface area contributed by atoms with Crippen LogP contribution in [0.4, 0.5) is 15.8 Å². The van der Waals surface area contributed by atoms with Crippen LogP contribution in [-0.2, 0) is 6.54 Å². The summed E-state index contributed by atoms with van der Waals surface area (Å²) in [5, 5.41) is 17.6. The molecule has 0 atom stereocenters. The van der Waals surface area contributed by atoms with Gasteiger partial charge >= 0.3 is 5.69 Å². The number of ether oxygens (including phenoxy) is 1. The first-order valence-corrected chi connectivity index (χ1v) is 7.81. The lowest BCUT2D eigenvalue weighted by molar-refractivity contribution is -0.387. The Balaban J connectivity index is 1.74. The van der Waals surface area contributed by atoms with Gasteiger partial charge in [0, 0.05) is 11.8 Å². The number of aromatic nitrogens is 2. The fourth-order valence-corrected chi connectivity index (χ4v) is 2.31. The van der Waals surface area contributed by atoms with Gasteiger partial charge in [0.05, 0.1) is 23.6 Å². The minimum absolute atomic E-state index is 0.132. The molecule has 0 saturated heterocycles. The number of benzene rings is 2. The normalized spacial score (nSPS) is 10.5. The zero-order valence-corrected chi connectivity index (χ0v) is 13.8. The molecule has 9 heteroatoms. The molecule has 0 spiro atoms. The molecule has 0 bridgehead atoms. The quantitative estimate of drug-likeness (QED) is 0.506. The Kier molecular flexibility index (Phi) is 5.07. The van der Waals surface area contributed by atoms with Gasteiger partial charge in [-0.05, 0) is 31.2 Å². The molecule has 3 rings (SSSR count). The van der Waals surface area contributed by atoms with Crippen molar-refractivity contribution in [3.8, 4) is 17.1 Å². The number of hydrogen-bond donors (Lipinski definition) is 1. The number of nitro benzene ring substituents is 1. The van der Waals surface area contributed by atoms with Crippen LogP contribution >= 0.6 is 0 Å². The molecule has 0 fully saturated rings. The second-order valence-corrected chi connectivity index (χ2v) is 5.22. The molecule has 0 amide bonds. The number of rotatable bonds is 7. The summed E-state index contributed by atoms with van der Waals surface area (Å²) < 4.78 is 24.1. The zero-order valence-electron chi connectivity index (χ0n) is 13.8. The third kappa shape index (κ3) is 3.77. The van der Waals surface area contributed by atoms with Crippen LogP contribution in [0.5, 0.6) is 5.75 Å². The minimum atomic E-state index is -0.895. The van der Waals surface area contributed by atoms with Gasteiger partial charge < -0.3 is 14.6 Å². The Hall–Kier alpha value is -3.49. The molecule has 2 aromatic carbocycles. The van der Waals surface area contributed by atoms with Crippen molar-refractivity contribution in [1.82, 2.24) is 10.1 Å². The molecule has 0 unspecified atom stereocenters. The van der Waals surface area contributed by atoms with Crippen molar-refractivity contribution >= 4 is 11.4 Å². The van der Waals surface area contributed by atoms with Crippen LogP contribution in [0, 0.1) is 15.9 Å². The average Bonchev–Trinajstić information content (AvgIpc) is 3.10. The van der Waals surface area contributed by atoms with Crippen molar-refractivity contribution in [1.29, 1.82) is 0 Å². The Bertz CT molecular complexity index is 929. The van der Waals surface area contributed by atoms with E-state index >= 15 is 0 Å². The molecule has 134 valence electrons. The van der Waals surface area contributed by atoms with Gasteiger partial charge in [0.2, 0.25) is 17.5 Å². The van der Waals surface area contributed by atoms with E-state index in [2.05, 4.69) is 15.5 Å². The Morgan fingerprint density at radius 2 is 2.12 bits per heavy atom. The molecule has 0 radical (unpaired) electrons. The van der Waals surface area contributed by atoms with Gasteiger partial charge in [0.1, 0.15) is 5.75 Å². The van der Waals surface area contributed by atoms with Crippen LogP contribution in [0.25, 0.3) is 11.4 Å². The van der Waals surface area contributed by atoms with Crippen LogP contribution in [0.1, 0.15) is 12.8 Å². The predicted octanol–water partition coefficient (Wildman–Crippen LogP) is 3.79. The maximum Gasteiger partial charge on any atom is 0.306 e. The largest absolute Gasteiger partial charge is 0.493 e. The zero-order chi connectivity index (χ0) is 18.5. The van der Waals surface area contributed by atoms with E-state index in [1.54, 1.807) is 0 Å². The van der Waals surface area contributed by atoms with E-state index in [9.17, 15) is 14.5 Å². The van der Waals surface area contributed by atoms with E-state index in [-0.39, 0.29) is 12.4 Å². The first kappa shape index (κ1) is 17.3. The fraction of sp³-hybridized carbons (Fsp3) is 0.176. The van der Waals surface area contributed by atoms with Crippen LogP contribution in [0.15, 0.2) is 47.0 Å². The fourth-order valence-electron chi connectivity index (χ4n) is 2.31. The minimum Gasteiger partial charge on any atom is -0.493 e. The van der Waals surface area contributed by atoms with E-state index in [0.29, 0.717) is 29.4 Å². The molecular weight excluding hydrogens is 343 g/mol. The van der Waals surface area contributed by atoms with Gasteiger partial charge in [-0.2, -0.15) is 9.37 Å². The molecule has 0 saturated carbocycles. The number of anilines is 1. The smallest absolute Gasteiger partial charge is 0.306 e. The third-order valence-corrected chi connectivity index (χ3v) is 3.48. The summed E-state index contributed by atoms with van der Waals surface area (Å²) in [6, 6.07) is 10.8. The van der Waals surface area contributed by atoms with Crippen LogP contribution < -0.4 is 10.1 Å². The highest BCUT2D eigenvalue weighted by atomic mass is 19.1. The second-order valence-electron chi connectivity index (χ2n) is 5.22. The molecular formula is C17H15FN4O4. The summed E-state index contributed by atoms with van der Waals surface area (Å²) >= 11 is 0. The summed E-state index contributed by atoms with van der Waals surface area (Å²) in [4.78, 5) is 14.3. The van der Waals surface area contributed by atoms with E-state index in [1.807, 2.05) is 31.2 Å². The average molecular weight is 358 g/mol. The number of halogens is 1. The van der Waals surface area contributed by atoms with Crippen LogP contribution in [0.2, 0.25) is 0 Å². The van der Waals surface area contributed by atoms with Crippen molar-refractivity contribution in [2.75, 3.05) is 11.9 Å². The molecule has 1 heterocycles. The van der Waals surface area contributed by atoms with Crippen molar-refractivity contribution < 1.29 is 18.6 Å². The topological polar surface area (TPSA) is 103 Å². The van der Waals surface area contributed by atoms with Crippen molar-refractivity contribution in [3.63, 3.8) is 0 Å². The Morgan fingerprint density at radius 3 is 2.88 bits per heavy atom. The van der Waals surface area contributed by atoms with E-state index in [0.717, 1.165) is 12.1 Å². The predicted molar refractivity (Wildman–Crippen MR) is 91.3 cm³/mol. The number of nitrogens with one attached hydrogen (secondary N) is 1. The number of hydrogen-bond acceptors (Lipinski definition) is 7. The summed E-state index contributed by atoms with van der Waals surface area (Å²) in [7, 11) is 0. The summed E-state index contributed by atoms with van der Waals surface area (Å²) in [6.45, 7) is 2.52. The van der Waals surface area contributed by atoms with Crippen molar-refractivity contribution in [2.24, 2.45) is 0 Å². The molecule has 8 nitrogen and oxygen atoms in total. The third-order valence-electron chi connectivity index (χ3n) is 3.48. The van der Waals surface area contributed by atoms with E-state index < -0.39 is 16.4 Å². The van der Waals surface area contributed by atoms with Gasteiger partial charge in [0.15, 0.2) is 0 Å². The Morgan fingerprint density at radius 1 is 1.31 bits per heavy atom. The van der Waals surface area contributed by atoms with Gasteiger partial charge in [-0.15, -0.1) is 0 Å². The summed E-state index contributed by atoms with van der Waals surface area (Å²) in [5.41, 5.74) is 0.459. The lowest BCUT2D eigenvalue weighted by Crippen LogP contribution is -2.01. The van der Waals surface area contributed by atoms with E-state index in [1.165, 1.54) is 6.07 Å². The highest BCUT2D eigenvalue weighted by Crippen LogP contribution is 2.28. The highest BCUT2D eigenvalue weighted by molar-refractivity contribution is 5.63. The molecule has 0 aliphatic heterocycles. The molecule has 1 N–H and O–H groups in total. The Labute approximate surface area is 147 Å². The van der Waals surface area contributed by atoms with Crippen LogP contribution in [0.3, 0.4) is 0 Å². The maximum absolute atomic E-state index is 13.4.